The van der Waals surface area contributed by atoms with Crippen molar-refractivity contribution in [1.82, 2.24) is 20.9 Å². The van der Waals surface area contributed by atoms with Crippen LogP contribution in [0.5, 0.6) is 0 Å². The first kappa shape index (κ1) is 40.7. The molecule has 0 unspecified atom stereocenters. The van der Waals surface area contributed by atoms with E-state index in [1.807, 2.05) is 133 Å². The Balaban J connectivity index is 1.09. The Hall–Kier alpha value is -6.95. The molecular weight excluding hydrogens is 735 g/mol. The molecule has 1 aliphatic heterocycles. The van der Waals surface area contributed by atoms with Gasteiger partial charge in [-0.1, -0.05) is 127 Å². The number of imide groups is 1. The molecule has 0 aromatic heterocycles. The smallest absolute Gasteiger partial charge is 0.418 e. The highest BCUT2D eigenvalue weighted by Gasteiger charge is 2.36. The lowest BCUT2D eigenvalue weighted by Gasteiger charge is -2.30. The van der Waals surface area contributed by atoms with Gasteiger partial charge in [0.25, 0.3) is 0 Å². The van der Waals surface area contributed by atoms with Crippen molar-refractivity contribution in [3.63, 3.8) is 0 Å². The van der Waals surface area contributed by atoms with Crippen molar-refractivity contribution in [1.29, 1.82) is 0 Å². The molecule has 58 heavy (non-hydrogen) atoms. The predicted octanol–water partition coefficient (Wildman–Crippen LogP) is 7.50. The second-order valence-corrected chi connectivity index (χ2v) is 14.5. The minimum atomic E-state index is -1.36. The van der Waals surface area contributed by atoms with E-state index in [0.29, 0.717) is 12.8 Å². The van der Waals surface area contributed by atoms with E-state index in [0.717, 1.165) is 49.5 Å². The van der Waals surface area contributed by atoms with Crippen LogP contribution in [0.25, 0.3) is 11.1 Å². The van der Waals surface area contributed by atoms with Crippen molar-refractivity contribution in [2.75, 3.05) is 11.9 Å². The van der Waals surface area contributed by atoms with Gasteiger partial charge in [0.05, 0.1) is 6.54 Å². The zero-order valence-electron chi connectivity index (χ0n) is 32.8. The van der Waals surface area contributed by atoms with Crippen molar-refractivity contribution in [3.05, 3.63) is 161 Å². The van der Waals surface area contributed by atoms with Gasteiger partial charge < -0.3 is 30.3 Å². The summed E-state index contributed by atoms with van der Waals surface area (Å²) in [6, 6.07) is 40.2. The Morgan fingerprint density at radius 1 is 0.741 bits per heavy atom. The average molecular weight is 782 g/mol. The fourth-order valence-electron chi connectivity index (χ4n) is 6.54. The van der Waals surface area contributed by atoms with Crippen LogP contribution in [0.4, 0.5) is 20.1 Å². The standard InChI is InChI=1S/C46H47N5O7/c1-46(2,49-44(55)57-30-33-14-6-4-7-15-33)42(53)48-39-27-26-36-18-11-13-21-40(36)51(41(39)52)29-32-22-24-35(25-23-32)38-20-12-10-19-37(38)28-47-43(54)50(3)45(56)58-31-34-16-8-5-9-17-34/h4-25,39H,26-31H2,1-3H3,(H,47,54)(H,48,53)(H,49,55)/t39-/m1/s1. The molecule has 298 valence electrons. The zero-order valence-corrected chi connectivity index (χ0v) is 32.8. The number of ether oxygens (including phenoxy) is 2. The summed E-state index contributed by atoms with van der Waals surface area (Å²) < 4.78 is 10.6. The molecule has 3 N–H and O–H groups in total. The molecule has 0 saturated carbocycles. The summed E-state index contributed by atoms with van der Waals surface area (Å²) in [6.07, 6.45) is -0.566. The van der Waals surface area contributed by atoms with Crippen LogP contribution in [0.2, 0.25) is 0 Å². The highest BCUT2D eigenvalue weighted by atomic mass is 16.6. The Morgan fingerprint density at radius 3 is 2.03 bits per heavy atom. The number of alkyl carbamates (subject to hydrolysis) is 1. The van der Waals surface area contributed by atoms with Gasteiger partial charge in [-0.25, -0.2) is 19.3 Å². The molecule has 5 aromatic rings. The number of rotatable bonds is 12. The third-order valence-electron chi connectivity index (χ3n) is 9.89. The molecule has 0 saturated heterocycles. The van der Waals surface area contributed by atoms with Crippen LogP contribution in [0, 0.1) is 0 Å². The Kier molecular flexibility index (Phi) is 13.2. The second kappa shape index (κ2) is 18.8. The van der Waals surface area contributed by atoms with Crippen molar-refractivity contribution in [2.45, 2.75) is 64.6 Å². The number of benzene rings is 5. The van der Waals surface area contributed by atoms with Gasteiger partial charge in [0.15, 0.2) is 0 Å². The van der Waals surface area contributed by atoms with Gasteiger partial charge in [0, 0.05) is 19.3 Å². The number of nitrogens with one attached hydrogen (secondary N) is 3. The number of para-hydroxylation sites is 1. The minimum Gasteiger partial charge on any atom is -0.445 e. The van der Waals surface area contributed by atoms with Gasteiger partial charge in [0.2, 0.25) is 11.8 Å². The van der Waals surface area contributed by atoms with Crippen molar-refractivity contribution in [2.24, 2.45) is 0 Å². The van der Waals surface area contributed by atoms with Crippen LogP contribution in [0.15, 0.2) is 133 Å². The van der Waals surface area contributed by atoms with E-state index in [-0.39, 0.29) is 32.2 Å². The van der Waals surface area contributed by atoms with Crippen LogP contribution in [-0.2, 0) is 51.8 Å². The lowest BCUT2D eigenvalue weighted by atomic mass is 9.98. The molecule has 0 aliphatic carbocycles. The number of nitrogens with zero attached hydrogens (tertiary/aromatic N) is 2. The van der Waals surface area contributed by atoms with Gasteiger partial charge in [0.1, 0.15) is 24.8 Å². The summed E-state index contributed by atoms with van der Waals surface area (Å²) in [5, 5.41) is 8.34. The highest BCUT2D eigenvalue weighted by molar-refractivity contribution is 6.01. The molecule has 0 bridgehead atoms. The first-order valence-corrected chi connectivity index (χ1v) is 19.1. The summed E-state index contributed by atoms with van der Waals surface area (Å²) in [5.41, 5.74) is 5.51. The van der Waals surface area contributed by atoms with Gasteiger partial charge >= 0.3 is 18.2 Å². The first-order chi connectivity index (χ1) is 28.0. The molecule has 0 radical (unpaired) electrons. The summed E-state index contributed by atoms with van der Waals surface area (Å²) >= 11 is 0. The summed E-state index contributed by atoms with van der Waals surface area (Å²) in [5.74, 6) is -0.776. The fourth-order valence-corrected chi connectivity index (χ4v) is 6.54. The normalized spacial score (nSPS) is 13.7. The maximum Gasteiger partial charge on any atom is 0.418 e. The van der Waals surface area contributed by atoms with Crippen LogP contribution in [-0.4, -0.2) is 53.6 Å². The largest absolute Gasteiger partial charge is 0.445 e. The molecule has 12 heteroatoms. The minimum absolute atomic E-state index is 0.0529. The highest BCUT2D eigenvalue weighted by Crippen LogP contribution is 2.30. The number of carbonyl (C=O) groups is 5. The third kappa shape index (κ3) is 10.5. The maximum absolute atomic E-state index is 14.2. The molecular formula is C46H47N5O7. The summed E-state index contributed by atoms with van der Waals surface area (Å²) in [4.78, 5) is 68.4. The van der Waals surface area contributed by atoms with Crippen LogP contribution >= 0.6 is 0 Å². The number of hydrogen-bond acceptors (Lipinski definition) is 7. The van der Waals surface area contributed by atoms with Crippen LogP contribution in [0.3, 0.4) is 0 Å². The third-order valence-corrected chi connectivity index (χ3v) is 9.89. The Bertz CT molecular complexity index is 2230. The van der Waals surface area contributed by atoms with E-state index in [2.05, 4.69) is 16.0 Å². The SMILES string of the molecule is CN(C(=O)NCc1ccccc1-c1ccc(CN2C(=O)[C@H](NC(=O)C(C)(C)NC(=O)OCc3ccccc3)CCc3ccccc32)cc1)C(=O)OCc1ccccc1. The van der Waals surface area contributed by atoms with E-state index in [4.69, 9.17) is 9.47 Å². The fraction of sp³-hybridized carbons (Fsp3) is 0.239. The monoisotopic (exact) mass is 781 g/mol. The van der Waals surface area contributed by atoms with E-state index in [1.54, 1.807) is 18.7 Å². The quantitative estimate of drug-likeness (QED) is 0.119. The molecule has 1 aliphatic rings. The number of hydrogen-bond donors (Lipinski definition) is 3. The number of carbonyl (C=O) groups excluding carboxylic acids is 5. The van der Waals surface area contributed by atoms with E-state index < -0.39 is 35.7 Å². The van der Waals surface area contributed by atoms with Crippen LogP contribution in [0.1, 0.15) is 48.1 Å². The van der Waals surface area contributed by atoms with E-state index in [9.17, 15) is 24.0 Å². The van der Waals surface area contributed by atoms with Gasteiger partial charge in [-0.3, -0.25) is 9.59 Å². The number of anilines is 1. The van der Waals surface area contributed by atoms with Gasteiger partial charge in [-0.15, -0.1) is 0 Å². The molecule has 6 rings (SSSR count). The molecule has 1 heterocycles. The molecule has 5 aromatic carbocycles. The molecule has 1 atom stereocenters. The van der Waals surface area contributed by atoms with Crippen molar-refractivity contribution >= 4 is 35.7 Å². The summed E-state index contributed by atoms with van der Waals surface area (Å²) in [7, 11) is 1.36. The lowest BCUT2D eigenvalue weighted by Crippen LogP contribution is -2.59. The van der Waals surface area contributed by atoms with Gasteiger partial charge in [-0.05, 0) is 71.7 Å². The first-order valence-electron chi connectivity index (χ1n) is 19.1. The number of aryl methyl sites for hydroxylation is 1. The average Bonchev–Trinajstić information content (AvgIpc) is 3.37. The molecule has 6 amide bonds. The van der Waals surface area contributed by atoms with Crippen LogP contribution < -0.4 is 20.9 Å². The van der Waals surface area contributed by atoms with E-state index in [1.165, 1.54) is 7.05 Å². The van der Waals surface area contributed by atoms with Gasteiger partial charge in [-0.2, -0.15) is 0 Å². The van der Waals surface area contributed by atoms with E-state index >= 15 is 0 Å². The molecule has 0 fully saturated rings. The Labute approximate surface area is 338 Å². The second-order valence-electron chi connectivity index (χ2n) is 14.5. The summed E-state index contributed by atoms with van der Waals surface area (Å²) in [6.45, 7) is 3.65. The Morgan fingerprint density at radius 2 is 1.34 bits per heavy atom. The molecule has 12 nitrogen and oxygen atoms in total. The zero-order chi connectivity index (χ0) is 41.1. The van der Waals surface area contributed by atoms with Crippen molar-refractivity contribution < 1.29 is 33.4 Å². The predicted molar refractivity (Wildman–Crippen MR) is 220 cm³/mol. The topological polar surface area (TPSA) is 146 Å². The number of urea groups is 1. The van der Waals surface area contributed by atoms with Crippen molar-refractivity contribution in [3.8, 4) is 11.1 Å². The molecule has 0 spiro atoms. The number of amides is 6. The maximum atomic E-state index is 14.2. The lowest BCUT2D eigenvalue weighted by molar-refractivity contribution is -0.131. The number of fused-ring (bicyclic) bond motifs is 1.